The molecule has 6 rings (SSSR count). The number of ether oxygens (including phenoxy) is 1. The van der Waals surface area contributed by atoms with Crippen molar-refractivity contribution >= 4 is 45.6 Å². The fourth-order valence-electron chi connectivity index (χ4n) is 5.26. The minimum absolute atomic E-state index is 0.139. The molecule has 3 aliphatic rings. The summed E-state index contributed by atoms with van der Waals surface area (Å²) in [5.41, 5.74) is 2.59. The normalized spacial score (nSPS) is 18.9. The van der Waals surface area contributed by atoms with Crippen LogP contribution in [0.3, 0.4) is 0 Å². The van der Waals surface area contributed by atoms with E-state index in [9.17, 15) is 4.79 Å². The topological polar surface area (TPSA) is 61.8 Å². The summed E-state index contributed by atoms with van der Waals surface area (Å²) in [6, 6.07) is 10.4. The Kier molecular flexibility index (Phi) is 6.39. The molecule has 4 heterocycles. The quantitative estimate of drug-likeness (QED) is 0.549. The standard InChI is InChI=1S/C27H31N5O2S/c33-27(32-16-18-34-19-17-32)31-14-12-30(13-15-31)25-24-21-8-4-5-9-22(21)35-26(24)29-23(28-25)11-10-20-6-2-1-3-7-20/h1-3,6-7,10-11H,4-5,8-9,12-19H2/b11-10+. The zero-order valence-corrected chi connectivity index (χ0v) is 20.8. The van der Waals surface area contributed by atoms with Gasteiger partial charge in [-0.05, 0) is 42.9 Å². The van der Waals surface area contributed by atoms with Gasteiger partial charge in [-0.15, -0.1) is 11.3 Å². The summed E-state index contributed by atoms with van der Waals surface area (Å²) >= 11 is 1.84. The van der Waals surface area contributed by atoms with Gasteiger partial charge >= 0.3 is 6.03 Å². The number of urea groups is 1. The summed E-state index contributed by atoms with van der Waals surface area (Å²) < 4.78 is 5.41. The molecular weight excluding hydrogens is 458 g/mol. The van der Waals surface area contributed by atoms with Gasteiger partial charge in [-0.1, -0.05) is 36.4 Å². The Labute approximate surface area is 210 Å². The van der Waals surface area contributed by atoms with Crippen LogP contribution in [0.15, 0.2) is 30.3 Å². The van der Waals surface area contributed by atoms with Crippen molar-refractivity contribution in [3.05, 3.63) is 52.2 Å². The molecule has 0 bridgehead atoms. The third-order valence-corrected chi connectivity index (χ3v) is 8.35. The molecule has 0 unspecified atom stereocenters. The number of amides is 2. The van der Waals surface area contributed by atoms with Crippen molar-refractivity contribution in [2.24, 2.45) is 0 Å². The predicted octanol–water partition coefficient (Wildman–Crippen LogP) is 4.31. The number of hydrogen-bond donors (Lipinski definition) is 0. The van der Waals surface area contributed by atoms with Crippen LogP contribution in [0, 0.1) is 0 Å². The SMILES string of the molecule is O=C(N1CCOCC1)N1CCN(c2nc(/C=C/c3ccccc3)nc3sc4c(c23)CCCC4)CC1. The largest absolute Gasteiger partial charge is 0.378 e. The summed E-state index contributed by atoms with van der Waals surface area (Å²) in [7, 11) is 0. The van der Waals surface area contributed by atoms with Gasteiger partial charge in [0.25, 0.3) is 0 Å². The van der Waals surface area contributed by atoms with Crippen LogP contribution in [-0.2, 0) is 17.6 Å². The predicted molar refractivity (Wildman–Crippen MR) is 141 cm³/mol. The molecule has 2 aliphatic heterocycles. The van der Waals surface area contributed by atoms with Gasteiger partial charge in [0.2, 0.25) is 0 Å². The van der Waals surface area contributed by atoms with Crippen molar-refractivity contribution in [3.8, 4) is 0 Å². The molecule has 2 amide bonds. The van der Waals surface area contributed by atoms with E-state index in [1.807, 2.05) is 45.4 Å². The molecule has 0 atom stereocenters. The molecule has 0 radical (unpaired) electrons. The number of aryl methyl sites for hydroxylation is 2. The van der Waals surface area contributed by atoms with Crippen LogP contribution < -0.4 is 4.90 Å². The van der Waals surface area contributed by atoms with Gasteiger partial charge in [0.05, 0.1) is 18.6 Å². The lowest BCUT2D eigenvalue weighted by Gasteiger charge is -2.39. The maximum atomic E-state index is 13.0. The number of benzene rings is 1. The van der Waals surface area contributed by atoms with Gasteiger partial charge < -0.3 is 19.4 Å². The third kappa shape index (κ3) is 4.65. The Hall–Kier alpha value is -2.97. The molecule has 1 aromatic carbocycles. The van der Waals surface area contributed by atoms with E-state index in [-0.39, 0.29) is 6.03 Å². The molecule has 3 aromatic rings. The van der Waals surface area contributed by atoms with E-state index in [1.165, 1.54) is 28.7 Å². The molecule has 0 N–H and O–H groups in total. The Balaban J connectivity index is 1.28. The average molecular weight is 490 g/mol. The van der Waals surface area contributed by atoms with Crippen LogP contribution in [0.2, 0.25) is 0 Å². The maximum absolute atomic E-state index is 13.0. The number of hydrogen-bond acceptors (Lipinski definition) is 6. The molecule has 7 nitrogen and oxygen atoms in total. The van der Waals surface area contributed by atoms with E-state index in [4.69, 9.17) is 14.7 Å². The second kappa shape index (κ2) is 9.95. The summed E-state index contributed by atoms with van der Waals surface area (Å²) in [6.07, 6.45) is 8.85. The molecule has 0 spiro atoms. The first-order chi connectivity index (χ1) is 17.3. The van der Waals surface area contributed by atoms with Gasteiger partial charge in [0, 0.05) is 44.1 Å². The molecule has 1 aliphatic carbocycles. The van der Waals surface area contributed by atoms with Crippen molar-refractivity contribution in [1.29, 1.82) is 0 Å². The van der Waals surface area contributed by atoms with Crippen LogP contribution >= 0.6 is 11.3 Å². The highest BCUT2D eigenvalue weighted by Crippen LogP contribution is 2.40. The zero-order chi connectivity index (χ0) is 23.6. The lowest BCUT2D eigenvalue weighted by atomic mass is 9.97. The number of nitrogens with zero attached hydrogens (tertiary/aromatic N) is 5. The minimum atomic E-state index is 0.139. The first-order valence-corrected chi connectivity index (χ1v) is 13.5. The van der Waals surface area contributed by atoms with Gasteiger partial charge in [-0.2, -0.15) is 0 Å². The Morgan fingerprint density at radius 3 is 2.43 bits per heavy atom. The highest BCUT2D eigenvalue weighted by Gasteiger charge is 2.29. The number of thiophene rings is 1. The average Bonchev–Trinajstić information content (AvgIpc) is 3.31. The smallest absolute Gasteiger partial charge is 0.320 e. The highest BCUT2D eigenvalue weighted by atomic mass is 32.1. The number of carbonyl (C=O) groups excluding carboxylic acids is 1. The van der Waals surface area contributed by atoms with Gasteiger partial charge in [-0.25, -0.2) is 14.8 Å². The summed E-state index contributed by atoms with van der Waals surface area (Å²) in [5.74, 6) is 1.79. The number of aromatic nitrogens is 2. The van der Waals surface area contributed by atoms with Crippen LogP contribution in [-0.4, -0.2) is 78.3 Å². The number of fused-ring (bicyclic) bond motifs is 3. The zero-order valence-electron chi connectivity index (χ0n) is 20.0. The molecule has 0 saturated carbocycles. The van der Waals surface area contributed by atoms with Crippen LogP contribution in [0.25, 0.3) is 22.4 Å². The number of rotatable bonds is 3. The monoisotopic (exact) mass is 489 g/mol. The number of morpholine rings is 1. The fraction of sp³-hybridized carbons (Fsp3) is 0.444. The molecule has 2 saturated heterocycles. The van der Waals surface area contributed by atoms with E-state index in [0.29, 0.717) is 39.4 Å². The van der Waals surface area contributed by atoms with Crippen LogP contribution in [0.5, 0.6) is 0 Å². The number of piperazine rings is 1. The molecule has 182 valence electrons. The van der Waals surface area contributed by atoms with E-state index in [1.54, 1.807) is 0 Å². The van der Waals surface area contributed by atoms with E-state index in [2.05, 4.69) is 23.1 Å². The first kappa shape index (κ1) is 22.5. The molecule has 2 aromatic heterocycles. The second-order valence-electron chi connectivity index (χ2n) is 9.40. The van der Waals surface area contributed by atoms with Crippen molar-refractivity contribution in [2.45, 2.75) is 25.7 Å². The van der Waals surface area contributed by atoms with E-state index in [0.717, 1.165) is 48.0 Å². The van der Waals surface area contributed by atoms with Crippen molar-refractivity contribution in [3.63, 3.8) is 0 Å². The molecule has 2 fully saturated rings. The lowest BCUT2D eigenvalue weighted by molar-refractivity contribution is 0.0428. The van der Waals surface area contributed by atoms with Crippen molar-refractivity contribution in [1.82, 2.24) is 19.8 Å². The van der Waals surface area contributed by atoms with Crippen LogP contribution in [0.4, 0.5) is 10.6 Å². The molecular formula is C27H31N5O2S. The van der Waals surface area contributed by atoms with Crippen molar-refractivity contribution in [2.75, 3.05) is 57.4 Å². The Morgan fingerprint density at radius 1 is 0.886 bits per heavy atom. The lowest BCUT2D eigenvalue weighted by Crippen LogP contribution is -2.55. The summed E-state index contributed by atoms with van der Waals surface area (Å²) in [4.78, 5) is 31.9. The number of anilines is 1. The number of carbonyl (C=O) groups is 1. The van der Waals surface area contributed by atoms with Crippen LogP contribution in [0.1, 0.15) is 34.7 Å². The molecule has 8 heteroatoms. The Bertz CT molecular complexity index is 1230. The molecule has 35 heavy (non-hydrogen) atoms. The van der Waals surface area contributed by atoms with Gasteiger partial charge in [0.1, 0.15) is 10.6 Å². The second-order valence-corrected chi connectivity index (χ2v) is 10.5. The highest BCUT2D eigenvalue weighted by molar-refractivity contribution is 7.19. The van der Waals surface area contributed by atoms with Gasteiger partial charge in [-0.3, -0.25) is 0 Å². The third-order valence-electron chi connectivity index (χ3n) is 7.17. The van der Waals surface area contributed by atoms with Crippen molar-refractivity contribution < 1.29 is 9.53 Å². The van der Waals surface area contributed by atoms with E-state index >= 15 is 0 Å². The minimum Gasteiger partial charge on any atom is -0.378 e. The van der Waals surface area contributed by atoms with Gasteiger partial charge in [0.15, 0.2) is 5.82 Å². The fourth-order valence-corrected chi connectivity index (χ4v) is 6.52. The summed E-state index contributed by atoms with van der Waals surface area (Å²) in [5, 5.41) is 1.24. The van der Waals surface area contributed by atoms with E-state index < -0.39 is 0 Å². The summed E-state index contributed by atoms with van der Waals surface area (Å²) in [6.45, 7) is 5.63. The first-order valence-electron chi connectivity index (χ1n) is 12.7. The maximum Gasteiger partial charge on any atom is 0.320 e. The Morgan fingerprint density at radius 2 is 1.63 bits per heavy atom.